The topological polar surface area (TPSA) is 56.7 Å². The Morgan fingerprint density at radius 2 is 2.06 bits per heavy atom. The van der Waals surface area contributed by atoms with Crippen LogP contribution >= 0.6 is 0 Å². The van der Waals surface area contributed by atoms with Gasteiger partial charge in [0.05, 0.1) is 11.6 Å². The van der Waals surface area contributed by atoms with E-state index >= 15 is 0 Å². The summed E-state index contributed by atoms with van der Waals surface area (Å²) < 4.78 is 2.03. The Morgan fingerprint density at radius 3 is 2.62 bits per heavy atom. The van der Waals surface area contributed by atoms with Crippen molar-refractivity contribution in [3.05, 3.63) is 24.2 Å². The van der Waals surface area contributed by atoms with Gasteiger partial charge in [-0.3, -0.25) is 0 Å². The molecule has 0 aliphatic heterocycles. The molecule has 0 saturated heterocycles. The minimum Gasteiger partial charge on any atom is -0.328 e. The molecule has 0 saturated carbocycles. The van der Waals surface area contributed by atoms with E-state index in [0.29, 0.717) is 0 Å². The molecule has 0 aliphatic carbocycles. The van der Waals surface area contributed by atoms with E-state index in [2.05, 4.69) is 30.7 Å². The number of imidazole rings is 1. The molecule has 2 aromatic heterocycles. The molecule has 0 spiro atoms. The van der Waals surface area contributed by atoms with Gasteiger partial charge in [0.1, 0.15) is 5.82 Å². The maximum Gasteiger partial charge on any atom is 0.177 e. The number of hydrogen-bond acceptors (Lipinski definition) is 3. The lowest BCUT2D eigenvalue weighted by atomic mass is 9.87. The molecular weight excluding hydrogens is 200 g/mol. The summed E-state index contributed by atoms with van der Waals surface area (Å²) in [5.41, 5.74) is 8.01. The van der Waals surface area contributed by atoms with E-state index in [9.17, 15) is 0 Å². The summed E-state index contributed by atoms with van der Waals surface area (Å²) in [6.45, 7) is 6.35. The Labute approximate surface area is 95.5 Å². The van der Waals surface area contributed by atoms with Gasteiger partial charge in [0.2, 0.25) is 0 Å². The van der Waals surface area contributed by atoms with Gasteiger partial charge in [-0.05, 0) is 17.5 Å². The summed E-state index contributed by atoms with van der Waals surface area (Å²) >= 11 is 0. The second kappa shape index (κ2) is 3.56. The van der Waals surface area contributed by atoms with Crippen molar-refractivity contribution >= 4 is 11.2 Å². The lowest BCUT2D eigenvalue weighted by molar-refractivity contribution is 0.311. The van der Waals surface area contributed by atoms with Crippen LogP contribution in [0.2, 0.25) is 0 Å². The molecule has 2 N–H and O–H groups in total. The maximum absolute atomic E-state index is 6.23. The third kappa shape index (κ3) is 1.69. The van der Waals surface area contributed by atoms with Crippen molar-refractivity contribution in [2.24, 2.45) is 18.2 Å². The summed E-state index contributed by atoms with van der Waals surface area (Å²) in [5, 5.41) is 0. The summed E-state index contributed by atoms with van der Waals surface area (Å²) in [4.78, 5) is 8.75. The lowest BCUT2D eigenvalue weighted by Crippen LogP contribution is -2.28. The Bertz CT molecular complexity index is 507. The Balaban J connectivity index is 2.58. The number of aromatic nitrogens is 3. The molecule has 4 nitrogen and oxygen atoms in total. The molecule has 0 fully saturated rings. The number of pyridine rings is 1. The van der Waals surface area contributed by atoms with E-state index in [1.807, 2.05) is 23.7 Å². The Kier molecular flexibility index (Phi) is 2.46. The summed E-state index contributed by atoms with van der Waals surface area (Å²) in [6, 6.07) is 3.83. The normalized spacial score (nSPS) is 14.3. The van der Waals surface area contributed by atoms with Gasteiger partial charge in [0.25, 0.3) is 0 Å². The smallest absolute Gasteiger partial charge is 0.177 e. The highest BCUT2D eigenvalue weighted by atomic mass is 15.1. The number of fused-ring (bicyclic) bond motifs is 1. The molecule has 0 aliphatic rings. The van der Waals surface area contributed by atoms with Crippen molar-refractivity contribution in [3.8, 4) is 0 Å². The number of rotatable bonds is 1. The first kappa shape index (κ1) is 11.1. The van der Waals surface area contributed by atoms with Crippen LogP contribution in [0.15, 0.2) is 18.3 Å². The number of nitrogens with two attached hydrogens (primary N) is 1. The van der Waals surface area contributed by atoms with Crippen molar-refractivity contribution in [1.29, 1.82) is 0 Å². The van der Waals surface area contributed by atoms with Gasteiger partial charge in [-0.25, -0.2) is 9.97 Å². The molecule has 1 atom stereocenters. The van der Waals surface area contributed by atoms with Gasteiger partial charge in [-0.15, -0.1) is 0 Å². The maximum atomic E-state index is 6.23. The van der Waals surface area contributed by atoms with E-state index < -0.39 is 0 Å². The number of hydrogen-bond donors (Lipinski definition) is 1. The third-order valence-electron chi connectivity index (χ3n) is 2.90. The van der Waals surface area contributed by atoms with Crippen LogP contribution in [-0.2, 0) is 7.05 Å². The van der Waals surface area contributed by atoms with Gasteiger partial charge in [0, 0.05) is 13.2 Å². The largest absolute Gasteiger partial charge is 0.328 e. The molecule has 2 rings (SSSR count). The van der Waals surface area contributed by atoms with Crippen molar-refractivity contribution in [2.45, 2.75) is 26.8 Å². The van der Waals surface area contributed by atoms with Crippen LogP contribution in [0, 0.1) is 5.41 Å². The molecule has 2 heterocycles. The minimum atomic E-state index is -0.0910. The van der Waals surface area contributed by atoms with Crippen molar-refractivity contribution in [2.75, 3.05) is 0 Å². The van der Waals surface area contributed by atoms with E-state index in [1.165, 1.54) is 0 Å². The molecule has 0 aromatic carbocycles. The van der Waals surface area contributed by atoms with Crippen LogP contribution in [0.25, 0.3) is 11.2 Å². The highest BCUT2D eigenvalue weighted by Gasteiger charge is 2.26. The van der Waals surface area contributed by atoms with Gasteiger partial charge in [-0.2, -0.15) is 0 Å². The van der Waals surface area contributed by atoms with E-state index in [1.54, 1.807) is 6.20 Å². The van der Waals surface area contributed by atoms with Gasteiger partial charge in [0.15, 0.2) is 5.65 Å². The first-order valence-corrected chi connectivity index (χ1v) is 5.44. The average molecular weight is 218 g/mol. The molecule has 0 radical (unpaired) electrons. The fraction of sp³-hybridized carbons (Fsp3) is 0.500. The van der Waals surface area contributed by atoms with E-state index in [4.69, 9.17) is 5.73 Å². The molecule has 16 heavy (non-hydrogen) atoms. The predicted octanol–water partition coefficient (Wildman–Crippen LogP) is 2.01. The first-order valence-electron chi connectivity index (χ1n) is 5.44. The fourth-order valence-corrected chi connectivity index (χ4v) is 1.71. The number of aryl methyl sites for hydroxylation is 1. The molecule has 2 aromatic rings. The van der Waals surface area contributed by atoms with Crippen LogP contribution in [0.5, 0.6) is 0 Å². The summed E-state index contributed by atoms with van der Waals surface area (Å²) in [7, 11) is 1.98. The van der Waals surface area contributed by atoms with Crippen LogP contribution in [0.1, 0.15) is 32.6 Å². The first-order chi connectivity index (χ1) is 7.41. The van der Waals surface area contributed by atoms with Gasteiger partial charge < -0.3 is 10.3 Å². The minimum absolute atomic E-state index is 0.00483. The zero-order valence-electron chi connectivity index (χ0n) is 10.2. The van der Waals surface area contributed by atoms with Crippen LogP contribution in [0.3, 0.4) is 0 Å². The molecule has 0 bridgehead atoms. The van der Waals surface area contributed by atoms with Crippen LogP contribution < -0.4 is 5.73 Å². The number of nitrogens with zero attached hydrogens (tertiary/aromatic N) is 3. The Hall–Kier alpha value is -1.42. The zero-order valence-corrected chi connectivity index (χ0v) is 10.2. The highest BCUT2D eigenvalue weighted by molar-refractivity contribution is 5.71. The molecule has 1 unspecified atom stereocenters. The van der Waals surface area contributed by atoms with E-state index in [0.717, 1.165) is 17.0 Å². The van der Waals surface area contributed by atoms with E-state index in [-0.39, 0.29) is 11.5 Å². The molecule has 0 amide bonds. The highest BCUT2D eigenvalue weighted by Crippen LogP contribution is 2.30. The summed E-state index contributed by atoms with van der Waals surface area (Å²) in [6.07, 6.45) is 1.75. The third-order valence-corrected chi connectivity index (χ3v) is 2.90. The second-order valence-electron chi connectivity index (χ2n) is 5.22. The predicted molar refractivity (Wildman–Crippen MR) is 64.9 cm³/mol. The van der Waals surface area contributed by atoms with Gasteiger partial charge >= 0.3 is 0 Å². The van der Waals surface area contributed by atoms with Crippen molar-refractivity contribution in [1.82, 2.24) is 14.5 Å². The standard InChI is InChI=1S/C12H18N4/c1-12(2,3)9(13)11-15-10-8(16(11)4)6-5-7-14-10/h5-7,9H,13H2,1-4H3. The molecule has 4 heteroatoms. The Morgan fingerprint density at radius 1 is 1.38 bits per heavy atom. The van der Waals surface area contributed by atoms with Crippen molar-refractivity contribution in [3.63, 3.8) is 0 Å². The lowest BCUT2D eigenvalue weighted by Gasteiger charge is -2.26. The summed E-state index contributed by atoms with van der Waals surface area (Å²) in [5.74, 6) is 0.890. The molecular formula is C12H18N4. The van der Waals surface area contributed by atoms with Crippen LogP contribution in [-0.4, -0.2) is 14.5 Å². The average Bonchev–Trinajstić information content (AvgIpc) is 2.54. The van der Waals surface area contributed by atoms with Crippen LogP contribution in [0.4, 0.5) is 0 Å². The molecule has 86 valence electrons. The second-order valence-corrected chi connectivity index (χ2v) is 5.22. The monoisotopic (exact) mass is 218 g/mol. The quantitative estimate of drug-likeness (QED) is 0.796. The van der Waals surface area contributed by atoms with Crippen molar-refractivity contribution < 1.29 is 0 Å². The SMILES string of the molecule is Cn1c(C(N)C(C)(C)C)nc2ncccc21. The van der Waals surface area contributed by atoms with Gasteiger partial charge in [-0.1, -0.05) is 20.8 Å². The fourth-order valence-electron chi connectivity index (χ4n) is 1.71. The zero-order chi connectivity index (χ0) is 11.9.